The predicted molar refractivity (Wildman–Crippen MR) is 75.6 cm³/mol. The molecule has 0 heterocycles. The van der Waals surface area contributed by atoms with Crippen LogP contribution in [0.1, 0.15) is 47.0 Å². The molecule has 0 aliphatic carbocycles. The maximum atomic E-state index is 11.7. The fraction of sp³-hybridized carbons (Fsp3) is 0.857. The number of aliphatic hydroxyl groups is 1. The zero-order valence-corrected chi connectivity index (χ0v) is 12.8. The Labute approximate surface area is 116 Å². The number of rotatable bonds is 7. The largest absolute Gasteiger partial charge is 0.393 e. The van der Waals surface area contributed by atoms with Gasteiger partial charge in [0.15, 0.2) is 0 Å². The molecule has 0 aromatic carbocycles. The number of nitrogens with one attached hydrogen (secondary N) is 1. The van der Waals surface area contributed by atoms with Gasteiger partial charge in [-0.2, -0.15) is 0 Å². The van der Waals surface area contributed by atoms with Crippen LogP contribution in [-0.2, 0) is 9.59 Å². The van der Waals surface area contributed by atoms with E-state index in [9.17, 15) is 9.59 Å². The van der Waals surface area contributed by atoms with Gasteiger partial charge in [-0.25, -0.2) is 0 Å². The second-order valence-electron chi connectivity index (χ2n) is 6.06. The Morgan fingerprint density at radius 3 is 2.37 bits per heavy atom. The van der Waals surface area contributed by atoms with E-state index in [0.29, 0.717) is 32.4 Å². The third-order valence-corrected chi connectivity index (χ3v) is 2.84. The van der Waals surface area contributed by atoms with Crippen LogP contribution in [0.3, 0.4) is 0 Å². The SMILES string of the molecule is CC(O)CCN(C)C(=O)CCCNC(=O)C(C)(C)C. The van der Waals surface area contributed by atoms with Crippen LogP contribution >= 0.6 is 0 Å². The monoisotopic (exact) mass is 272 g/mol. The van der Waals surface area contributed by atoms with Crippen molar-refractivity contribution in [1.29, 1.82) is 0 Å². The zero-order chi connectivity index (χ0) is 15.1. The molecule has 1 atom stereocenters. The second-order valence-corrected chi connectivity index (χ2v) is 6.06. The van der Waals surface area contributed by atoms with Crippen molar-refractivity contribution in [3.05, 3.63) is 0 Å². The molecule has 5 heteroatoms. The number of carbonyl (C=O) groups is 2. The van der Waals surface area contributed by atoms with Gasteiger partial charge in [0.1, 0.15) is 0 Å². The lowest BCUT2D eigenvalue weighted by atomic mass is 9.96. The van der Waals surface area contributed by atoms with Gasteiger partial charge < -0.3 is 15.3 Å². The average Bonchev–Trinajstić information content (AvgIpc) is 2.29. The lowest BCUT2D eigenvalue weighted by Gasteiger charge is -2.19. The molecule has 112 valence electrons. The van der Waals surface area contributed by atoms with E-state index in [1.807, 2.05) is 20.8 Å². The number of hydrogen-bond donors (Lipinski definition) is 2. The molecule has 2 N–H and O–H groups in total. The Bertz CT molecular complexity index is 296. The van der Waals surface area contributed by atoms with Crippen LogP contribution in [0.4, 0.5) is 0 Å². The number of hydrogen-bond acceptors (Lipinski definition) is 3. The average molecular weight is 272 g/mol. The molecule has 2 amide bonds. The lowest BCUT2D eigenvalue weighted by molar-refractivity contribution is -0.131. The molecule has 0 aliphatic rings. The van der Waals surface area contributed by atoms with Crippen LogP contribution in [0.5, 0.6) is 0 Å². The standard InChI is InChI=1S/C14H28N2O3/c1-11(17)8-10-16(5)12(18)7-6-9-15-13(19)14(2,3)4/h11,17H,6-10H2,1-5H3,(H,15,19). The minimum absolute atomic E-state index is 0.00223. The predicted octanol–water partition coefficient (Wildman–Crippen LogP) is 1.16. The Morgan fingerprint density at radius 1 is 1.32 bits per heavy atom. The van der Waals surface area contributed by atoms with E-state index in [4.69, 9.17) is 5.11 Å². The Hall–Kier alpha value is -1.10. The molecule has 0 aliphatic heterocycles. The molecule has 1 unspecified atom stereocenters. The first-order valence-electron chi connectivity index (χ1n) is 6.85. The van der Waals surface area contributed by atoms with Crippen LogP contribution in [0.2, 0.25) is 0 Å². The van der Waals surface area contributed by atoms with Gasteiger partial charge in [0.25, 0.3) is 0 Å². The minimum atomic E-state index is -0.391. The lowest BCUT2D eigenvalue weighted by Crippen LogP contribution is -2.36. The first-order chi connectivity index (χ1) is 8.64. The van der Waals surface area contributed by atoms with E-state index in [0.717, 1.165) is 0 Å². The van der Waals surface area contributed by atoms with E-state index in [1.165, 1.54) is 0 Å². The molecule has 19 heavy (non-hydrogen) atoms. The summed E-state index contributed by atoms with van der Waals surface area (Å²) in [6.45, 7) is 8.36. The van der Waals surface area contributed by atoms with Crippen molar-refractivity contribution >= 4 is 11.8 Å². The van der Waals surface area contributed by atoms with Crippen molar-refractivity contribution in [3.63, 3.8) is 0 Å². The van der Waals surface area contributed by atoms with Gasteiger partial charge >= 0.3 is 0 Å². The Kier molecular flexibility index (Phi) is 7.68. The molecular weight excluding hydrogens is 244 g/mol. The van der Waals surface area contributed by atoms with Crippen LogP contribution in [0, 0.1) is 5.41 Å². The minimum Gasteiger partial charge on any atom is -0.393 e. The summed E-state index contributed by atoms with van der Waals surface area (Å²) in [7, 11) is 1.73. The first kappa shape index (κ1) is 17.9. The van der Waals surface area contributed by atoms with E-state index in [2.05, 4.69) is 5.32 Å². The topological polar surface area (TPSA) is 69.6 Å². The molecule has 0 rings (SSSR count). The summed E-state index contributed by atoms with van der Waals surface area (Å²) in [5.74, 6) is 0.0491. The van der Waals surface area contributed by atoms with Crippen LogP contribution in [0.15, 0.2) is 0 Å². The summed E-state index contributed by atoms with van der Waals surface area (Å²) in [6, 6.07) is 0. The normalized spacial score (nSPS) is 12.9. The summed E-state index contributed by atoms with van der Waals surface area (Å²) in [4.78, 5) is 24.9. The summed E-state index contributed by atoms with van der Waals surface area (Å²) in [5.41, 5.74) is -0.391. The summed E-state index contributed by atoms with van der Waals surface area (Å²) in [5, 5.41) is 12.0. The molecule has 0 spiro atoms. The molecule has 0 aromatic rings. The molecule has 0 aromatic heterocycles. The maximum Gasteiger partial charge on any atom is 0.225 e. The number of carbonyl (C=O) groups excluding carboxylic acids is 2. The van der Waals surface area contributed by atoms with Crippen molar-refractivity contribution in [3.8, 4) is 0 Å². The van der Waals surface area contributed by atoms with Crippen molar-refractivity contribution in [2.24, 2.45) is 5.41 Å². The van der Waals surface area contributed by atoms with E-state index < -0.39 is 5.41 Å². The third-order valence-electron chi connectivity index (χ3n) is 2.84. The first-order valence-corrected chi connectivity index (χ1v) is 6.85. The number of aliphatic hydroxyl groups excluding tert-OH is 1. The molecule has 0 saturated carbocycles. The van der Waals surface area contributed by atoms with Gasteiger partial charge in [-0.05, 0) is 19.8 Å². The quantitative estimate of drug-likeness (QED) is 0.683. The highest BCUT2D eigenvalue weighted by Gasteiger charge is 2.20. The van der Waals surface area contributed by atoms with Gasteiger partial charge in [-0.15, -0.1) is 0 Å². The Balaban J connectivity index is 3.77. The van der Waals surface area contributed by atoms with Crippen molar-refractivity contribution < 1.29 is 14.7 Å². The van der Waals surface area contributed by atoms with Gasteiger partial charge in [0.2, 0.25) is 11.8 Å². The van der Waals surface area contributed by atoms with Crippen LogP contribution in [0.25, 0.3) is 0 Å². The molecule has 0 saturated heterocycles. The summed E-state index contributed by atoms with van der Waals surface area (Å²) in [6.07, 6.45) is 1.25. The number of nitrogens with zero attached hydrogens (tertiary/aromatic N) is 1. The van der Waals surface area contributed by atoms with E-state index in [1.54, 1.807) is 18.9 Å². The fourth-order valence-corrected chi connectivity index (χ4v) is 1.40. The molecule has 5 nitrogen and oxygen atoms in total. The van der Waals surface area contributed by atoms with Gasteiger partial charge in [0, 0.05) is 32.0 Å². The fourth-order valence-electron chi connectivity index (χ4n) is 1.40. The van der Waals surface area contributed by atoms with Crippen molar-refractivity contribution in [1.82, 2.24) is 10.2 Å². The third kappa shape index (κ3) is 8.59. The van der Waals surface area contributed by atoms with E-state index >= 15 is 0 Å². The van der Waals surface area contributed by atoms with E-state index in [-0.39, 0.29) is 17.9 Å². The summed E-state index contributed by atoms with van der Waals surface area (Å²) < 4.78 is 0. The second kappa shape index (κ2) is 8.15. The van der Waals surface area contributed by atoms with Gasteiger partial charge in [0.05, 0.1) is 6.10 Å². The molecule has 0 bridgehead atoms. The molecule has 0 fully saturated rings. The zero-order valence-electron chi connectivity index (χ0n) is 12.8. The number of amides is 2. The highest BCUT2D eigenvalue weighted by Crippen LogP contribution is 2.12. The van der Waals surface area contributed by atoms with Gasteiger partial charge in [-0.1, -0.05) is 20.8 Å². The maximum absolute atomic E-state index is 11.7. The highest BCUT2D eigenvalue weighted by atomic mass is 16.3. The van der Waals surface area contributed by atoms with Gasteiger partial charge in [-0.3, -0.25) is 9.59 Å². The summed E-state index contributed by atoms with van der Waals surface area (Å²) >= 11 is 0. The van der Waals surface area contributed by atoms with Crippen LogP contribution in [-0.4, -0.2) is 48.1 Å². The Morgan fingerprint density at radius 2 is 1.89 bits per heavy atom. The smallest absolute Gasteiger partial charge is 0.225 e. The highest BCUT2D eigenvalue weighted by molar-refractivity contribution is 5.81. The van der Waals surface area contributed by atoms with Crippen molar-refractivity contribution in [2.75, 3.05) is 20.1 Å². The van der Waals surface area contributed by atoms with Crippen molar-refractivity contribution in [2.45, 2.75) is 53.1 Å². The molecule has 0 radical (unpaired) electrons. The van der Waals surface area contributed by atoms with Crippen LogP contribution < -0.4 is 5.32 Å². The molecular formula is C14H28N2O3.